The topological polar surface area (TPSA) is 56.2 Å². The molecule has 5 nitrogen and oxygen atoms in total. The number of rotatable bonds is 9. The van der Waals surface area contributed by atoms with Crippen molar-refractivity contribution < 1.29 is 9.53 Å². The Morgan fingerprint density at radius 2 is 1.81 bits per heavy atom. The molecular formula is C25H23Cl2N3O2. The molecule has 1 aromatic heterocycles. The zero-order valence-corrected chi connectivity index (χ0v) is 18.9. The number of para-hydroxylation sites is 3. The Morgan fingerprint density at radius 3 is 2.66 bits per heavy atom. The number of imidazole rings is 1. The molecule has 0 atom stereocenters. The number of aromatic nitrogens is 2. The van der Waals surface area contributed by atoms with Crippen molar-refractivity contribution >= 4 is 40.1 Å². The number of benzene rings is 3. The van der Waals surface area contributed by atoms with Gasteiger partial charge in [-0.3, -0.25) is 4.79 Å². The van der Waals surface area contributed by atoms with Crippen molar-refractivity contribution in [3.63, 3.8) is 0 Å². The highest BCUT2D eigenvalue weighted by Gasteiger charge is 2.11. The van der Waals surface area contributed by atoms with Gasteiger partial charge in [0.15, 0.2) is 0 Å². The van der Waals surface area contributed by atoms with E-state index in [9.17, 15) is 4.79 Å². The molecule has 0 aliphatic heterocycles. The van der Waals surface area contributed by atoms with Gasteiger partial charge in [-0.05, 0) is 48.9 Å². The average molecular weight is 468 g/mol. The molecule has 0 saturated heterocycles. The predicted molar refractivity (Wildman–Crippen MR) is 129 cm³/mol. The van der Waals surface area contributed by atoms with Crippen LogP contribution in [0.3, 0.4) is 0 Å². The van der Waals surface area contributed by atoms with Gasteiger partial charge in [0.05, 0.1) is 22.6 Å². The van der Waals surface area contributed by atoms with Crippen molar-refractivity contribution in [2.45, 2.75) is 19.4 Å². The molecule has 4 rings (SSSR count). The number of amides is 1. The number of carbonyl (C=O) groups excluding carboxylic acids is 1. The fourth-order valence-electron chi connectivity index (χ4n) is 3.55. The van der Waals surface area contributed by atoms with Crippen molar-refractivity contribution in [2.75, 3.05) is 13.2 Å². The summed E-state index contributed by atoms with van der Waals surface area (Å²) in [5.74, 6) is 1.50. The van der Waals surface area contributed by atoms with Crippen LogP contribution in [0.25, 0.3) is 11.0 Å². The summed E-state index contributed by atoms with van der Waals surface area (Å²) >= 11 is 12.2. The molecule has 32 heavy (non-hydrogen) atoms. The molecule has 0 saturated carbocycles. The lowest BCUT2D eigenvalue weighted by molar-refractivity contribution is 0.0953. The van der Waals surface area contributed by atoms with E-state index in [1.807, 2.05) is 42.5 Å². The molecule has 164 valence electrons. The minimum Gasteiger partial charge on any atom is -0.490 e. The van der Waals surface area contributed by atoms with Crippen LogP contribution in [0.15, 0.2) is 72.8 Å². The first-order valence-corrected chi connectivity index (χ1v) is 11.2. The molecule has 0 bridgehead atoms. The molecule has 0 unspecified atom stereocenters. The van der Waals surface area contributed by atoms with Gasteiger partial charge in [-0.15, -0.1) is 0 Å². The molecule has 1 amide bonds. The highest BCUT2D eigenvalue weighted by atomic mass is 35.5. The first-order chi connectivity index (χ1) is 15.6. The summed E-state index contributed by atoms with van der Waals surface area (Å²) in [6, 6.07) is 22.4. The van der Waals surface area contributed by atoms with Crippen molar-refractivity contribution in [1.29, 1.82) is 0 Å². The normalized spacial score (nSPS) is 10.9. The van der Waals surface area contributed by atoms with Crippen LogP contribution in [-0.4, -0.2) is 28.6 Å². The SMILES string of the molecule is O=C(NCCCc1nc2ccccc2n1CCOc1ccccc1Cl)c1cccc(Cl)c1. The van der Waals surface area contributed by atoms with Crippen LogP contribution in [0, 0.1) is 0 Å². The van der Waals surface area contributed by atoms with E-state index in [0.717, 1.165) is 29.7 Å². The molecular weight excluding hydrogens is 445 g/mol. The smallest absolute Gasteiger partial charge is 0.251 e. The molecule has 0 aliphatic carbocycles. The molecule has 1 N–H and O–H groups in total. The third-order valence-electron chi connectivity index (χ3n) is 5.09. The van der Waals surface area contributed by atoms with Gasteiger partial charge < -0.3 is 14.6 Å². The van der Waals surface area contributed by atoms with E-state index in [4.69, 9.17) is 32.9 Å². The third-order valence-corrected chi connectivity index (χ3v) is 5.64. The summed E-state index contributed by atoms with van der Waals surface area (Å²) in [6.45, 7) is 1.67. The largest absolute Gasteiger partial charge is 0.490 e. The lowest BCUT2D eigenvalue weighted by atomic mass is 10.2. The van der Waals surface area contributed by atoms with Gasteiger partial charge in [0.1, 0.15) is 18.2 Å². The maximum Gasteiger partial charge on any atom is 0.251 e. The summed E-state index contributed by atoms with van der Waals surface area (Å²) in [5.41, 5.74) is 2.57. The van der Waals surface area contributed by atoms with E-state index in [1.54, 1.807) is 24.3 Å². The average Bonchev–Trinajstić information content (AvgIpc) is 3.15. The second kappa shape index (κ2) is 10.5. The Labute approximate surface area is 196 Å². The Hall–Kier alpha value is -3.02. The fourth-order valence-corrected chi connectivity index (χ4v) is 3.94. The lowest BCUT2D eigenvalue weighted by Crippen LogP contribution is -2.25. The van der Waals surface area contributed by atoms with Crippen LogP contribution in [0.1, 0.15) is 22.6 Å². The van der Waals surface area contributed by atoms with E-state index in [-0.39, 0.29) is 5.91 Å². The number of hydrogen-bond acceptors (Lipinski definition) is 3. The summed E-state index contributed by atoms with van der Waals surface area (Å²) < 4.78 is 8.05. The molecule has 0 fully saturated rings. The van der Waals surface area contributed by atoms with E-state index < -0.39 is 0 Å². The van der Waals surface area contributed by atoms with Crippen LogP contribution in [-0.2, 0) is 13.0 Å². The van der Waals surface area contributed by atoms with Gasteiger partial charge in [-0.2, -0.15) is 0 Å². The monoisotopic (exact) mass is 467 g/mol. The van der Waals surface area contributed by atoms with E-state index in [0.29, 0.717) is 41.1 Å². The van der Waals surface area contributed by atoms with Gasteiger partial charge in [0.2, 0.25) is 0 Å². The van der Waals surface area contributed by atoms with Crippen LogP contribution in [0.5, 0.6) is 5.75 Å². The number of nitrogens with one attached hydrogen (secondary N) is 1. The number of fused-ring (bicyclic) bond motifs is 1. The van der Waals surface area contributed by atoms with Crippen LogP contribution in [0.4, 0.5) is 0 Å². The number of aryl methyl sites for hydroxylation is 1. The number of halogens is 2. The van der Waals surface area contributed by atoms with Crippen LogP contribution >= 0.6 is 23.2 Å². The van der Waals surface area contributed by atoms with Crippen molar-refractivity contribution in [2.24, 2.45) is 0 Å². The van der Waals surface area contributed by atoms with Gasteiger partial charge in [0, 0.05) is 23.6 Å². The highest BCUT2D eigenvalue weighted by molar-refractivity contribution is 6.32. The number of carbonyl (C=O) groups is 1. The standard InChI is InChI=1S/C25H23Cl2N3O2/c26-19-8-5-7-18(17-19)25(31)28-14-6-13-24-29-21-10-2-3-11-22(21)30(24)15-16-32-23-12-4-1-9-20(23)27/h1-5,7-12,17H,6,13-16H2,(H,28,31). The summed E-state index contributed by atoms with van der Waals surface area (Å²) in [6.07, 6.45) is 1.50. The Morgan fingerprint density at radius 1 is 1.00 bits per heavy atom. The molecule has 3 aromatic carbocycles. The Balaban J connectivity index is 1.37. The lowest BCUT2D eigenvalue weighted by Gasteiger charge is -2.12. The van der Waals surface area contributed by atoms with Gasteiger partial charge in [-0.1, -0.05) is 53.5 Å². The number of hydrogen-bond donors (Lipinski definition) is 1. The molecule has 0 aliphatic rings. The second-order valence-electron chi connectivity index (χ2n) is 7.32. The zero-order chi connectivity index (χ0) is 22.3. The van der Waals surface area contributed by atoms with Crippen LogP contribution in [0.2, 0.25) is 10.0 Å². The quantitative estimate of drug-likeness (QED) is 0.317. The van der Waals surface area contributed by atoms with Gasteiger partial charge >= 0.3 is 0 Å². The summed E-state index contributed by atoms with van der Waals surface area (Å²) in [7, 11) is 0. The third kappa shape index (κ3) is 5.42. The predicted octanol–water partition coefficient (Wildman–Crippen LogP) is 5.78. The van der Waals surface area contributed by atoms with Crippen LogP contribution < -0.4 is 10.1 Å². The minimum absolute atomic E-state index is 0.130. The van der Waals surface area contributed by atoms with Crippen molar-refractivity contribution in [3.05, 3.63) is 94.2 Å². The molecule has 0 radical (unpaired) electrons. The van der Waals surface area contributed by atoms with E-state index in [1.165, 1.54) is 0 Å². The summed E-state index contributed by atoms with van der Waals surface area (Å²) in [4.78, 5) is 17.1. The highest BCUT2D eigenvalue weighted by Crippen LogP contribution is 2.23. The van der Waals surface area contributed by atoms with Crippen molar-refractivity contribution in [3.8, 4) is 5.75 Å². The molecule has 4 aromatic rings. The summed E-state index contributed by atoms with van der Waals surface area (Å²) in [5, 5.41) is 4.09. The maximum atomic E-state index is 12.3. The van der Waals surface area contributed by atoms with Crippen molar-refractivity contribution in [1.82, 2.24) is 14.9 Å². The Kier molecular flexibility index (Phi) is 7.30. The first-order valence-electron chi connectivity index (χ1n) is 10.5. The van der Waals surface area contributed by atoms with E-state index in [2.05, 4.69) is 16.0 Å². The maximum absolute atomic E-state index is 12.3. The minimum atomic E-state index is -0.130. The van der Waals surface area contributed by atoms with Gasteiger partial charge in [0.25, 0.3) is 5.91 Å². The Bertz CT molecular complexity index is 1220. The second-order valence-corrected chi connectivity index (χ2v) is 8.16. The van der Waals surface area contributed by atoms with Gasteiger partial charge in [-0.25, -0.2) is 4.98 Å². The number of nitrogens with zero attached hydrogens (tertiary/aromatic N) is 2. The molecule has 0 spiro atoms. The molecule has 1 heterocycles. The molecule has 7 heteroatoms. The van der Waals surface area contributed by atoms with E-state index >= 15 is 0 Å². The fraction of sp³-hybridized carbons (Fsp3) is 0.200. The zero-order valence-electron chi connectivity index (χ0n) is 17.4. The first kappa shape index (κ1) is 22.2. The number of ether oxygens (including phenoxy) is 1.